The Morgan fingerprint density at radius 3 is 2.71 bits per heavy atom. The third-order valence-electron chi connectivity index (χ3n) is 2.13. The van der Waals surface area contributed by atoms with E-state index in [-0.39, 0.29) is 6.54 Å². The first-order valence-corrected chi connectivity index (χ1v) is 4.80. The van der Waals surface area contributed by atoms with E-state index in [1.165, 1.54) is 0 Å². The van der Waals surface area contributed by atoms with Gasteiger partial charge in [0.25, 0.3) is 0 Å². The predicted molar refractivity (Wildman–Crippen MR) is 56.4 cm³/mol. The van der Waals surface area contributed by atoms with E-state index >= 15 is 0 Å². The van der Waals surface area contributed by atoms with Crippen molar-refractivity contribution in [3.8, 4) is 5.75 Å². The Hall–Kier alpha value is -1.06. The zero-order chi connectivity index (χ0) is 10.6. The Kier molecular flexibility index (Phi) is 3.92. The van der Waals surface area contributed by atoms with Gasteiger partial charge < -0.3 is 15.6 Å². The molecule has 0 heterocycles. The predicted octanol–water partition coefficient (Wildman–Crippen LogP) is 1.39. The molecule has 0 aliphatic rings. The first-order chi connectivity index (χ1) is 6.69. The van der Waals surface area contributed by atoms with E-state index in [1.807, 2.05) is 32.0 Å². The van der Waals surface area contributed by atoms with Gasteiger partial charge in [0, 0.05) is 6.54 Å². The summed E-state index contributed by atoms with van der Waals surface area (Å²) in [6.45, 7) is 4.78. The van der Waals surface area contributed by atoms with E-state index in [0.717, 1.165) is 16.9 Å². The molecule has 78 valence electrons. The topological polar surface area (TPSA) is 55.5 Å². The van der Waals surface area contributed by atoms with Crippen LogP contribution in [0.4, 0.5) is 0 Å². The number of nitrogens with two attached hydrogens (primary N) is 1. The van der Waals surface area contributed by atoms with Gasteiger partial charge in [-0.15, -0.1) is 0 Å². The van der Waals surface area contributed by atoms with Crippen molar-refractivity contribution >= 4 is 0 Å². The van der Waals surface area contributed by atoms with Crippen molar-refractivity contribution in [2.45, 2.75) is 20.0 Å². The largest absolute Gasteiger partial charge is 0.494 e. The van der Waals surface area contributed by atoms with Gasteiger partial charge in [-0.05, 0) is 37.1 Å². The molecular weight excluding hydrogens is 178 g/mol. The lowest BCUT2D eigenvalue weighted by atomic mass is 10.0. The van der Waals surface area contributed by atoms with Crippen LogP contribution in [0.15, 0.2) is 18.2 Å². The van der Waals surface area contributed by atoms with Gasteiger partial charge in [0.05, 0.1) is 12.7 Å². The highest BCUT2D eigenvalue weighted by atomic mass is 16.5. The molecule has 1 atom stereocenters. The minimum absolute atomic E-state index is 0.245. The average molecular weight is 195 g/mol. The summed E-state index contributed by atoms with van der Waals surface area (Å²) in [6, 6.07) is 5.63. The minimum Gasteiger partial charge on any atom is -0.494 e. The number of aryl methyl sites for hydroxylation is 1. The number of hydrogen-bond donors (Lipinski definition) is 2. The molecule has 14 heavy (non-hydrogen) atoms. The van der Waals surface area contributed by atoms with Gasteiger partial charge in [-0.25, -0.2) is 0 Å². The van der Waals surface area contributed by atoms with Crippen LogP contribution in [-0.4, -0.2) is 18.3 Å². The SMILES string of the molecule is CCOc1ccc([C@H](O)CN)c(C)c1. The molecule has 0 spiro atoms. The molecule has 0 bridgehead atoms. The van der Waals surface area contributed by atoms with Gasteiger partial charge >= 0.3 is 0 Å². The Labute approximate surface area is 84.5 Å². The quantitative estimate of drug-likeness (QED) is 0.763. The Bertz CT molecular complexity index is 299. The lowest BCUT2D eigenvalue weighted by Gasteiger charge is -2.12. The van der Waals surface area contributed by atoms with Gasteiger partial charge in [0.2, 0.25) is 0 Å². The highest BCUT2D eigenvalue weighted by Crippen LogP contribution is 2.21. The summed E-state index contributed by atoms with van der Waals surface area (Å²) < 4.78 is 5.34. The van der Waals surface area contributed by atoms with Gasteiger partial charge in [0.15, 0.2) is 0 Å². The molecule has 1 aromatic carbocycles. The molecular formula is C11H17NO2. The van der Waals surface area contributed by atoms with E-state index in [2.05, 4.69) is 0 Å². The zero-order valence-electron chi connectivity index (χ0n) is 8.66. The third kappa shape index (κ3) is 2.47. The molecule has 3 nitrogen and oxygen atoms in total. The summed E-state index contributed by atoms with van der Waals surface area (Å²) in [4.78, 5) is 0. The molecule has 0 saturated carbocycles. The fraction of sp³-hybridized carbons (Fsp3) is 0.455. The molecule has 0 amide bonds. The van der Waals surface area contributed by atoms with Crippen LogP contribution < -0.4 is 10.5 Å². The highest BCUT2D eigenvalue weighted by Gasteiger charge is 2.08. The maximum Gasteiger partial charge on any atom is 0.119 e. The van der Waals surface area contributed by atoms with Crippen LogP contribution >= 0.6 is 0 Å². The fourth-order valence-electron chi connectivity index (χ4n) is 1.41. The minimum atomic E-state index is -0.578. The smallest absolute Gasteiger partial charge is 0.119 e. The summed E-state index contributed by atoms with van der Waals surface area (Å²) in [6.07, 6.45) is -0.578. The van der Waals surface area contributed by atoms with Crippen LogP contribution in [0.3, 0.4) is 0 Å². The fourth-order valence-corrected chi connectivity index (χ4v) is 1.41. The van der Waals surface area contributed by atoms with Crippen LogP contribution in [0.5, 0.6) is 5.75 Å². The Morgan fingerprint density at radius 2 is 2.21 bits per heavy atom. The van der Waals surface area contributed by atoms with Crippen LogP contribution in [0.1, 0.15) is 24.2 Å². The first-order valence-electron chi connectivity index (χ1n) is 4.80. The van der Waals surface area contributed by atoms with Crippen molar-refractivity contribution in [1.29, 1.82) is 0 Å². The lowest BCUT2D eigenvalue weighted by molar-refractivity contribution is 0.186. The maximum absolute atomic E-state index is 9.57. The van der Waals surface area contributed by atoms with E-state index in [1.54, 1.807) is 0 Å². The molecule has 1 aromatic rings. The van der Waals surface area contributed by atoms with Crippen LogP contribution in [0.25, 0.3) is 0 Å². The number of benzene rings is 1. The van der Waals surface area contributed by atoms with Gasteiger partial charge in [-0.2, -0.15) is 0 Å². The van der Waals surface area contributed by atoms with Crippen molar-refractivity contribution in [2.24, 2.45) is 5.73 Å². The molecule has 0 saturated heterocycles. The lowest BCUT2D eigenvalue weighted by Crippen LogP contribution is -2.12. The molecule has 0 fully saturated rings. The summed E-state index contributed by atoms with van der Waals surface area (Å²) in [7, 11) is 0. The van der Waals surface area contributed by atoms with E-state index in [4.69, 9.17) is 10.5 Å². The number of aliphatic hydroxyl groups excluding tert-OH is 1. The molecule has 0 radical (unpaired) electrons. The van der Waals surface area contributed by atoms with Crippen molar-refractivity contribution in [1.82, 2.24) is 0 Å². The van der Waals surface area contributed by atoms with Crippen LogP contribution in [0.2, 0.25) is 0 Å². The number of rotatable bonds is 4. The van der Waals surface area contributed by atoms with E-state index in [9.17, 15) is 5.11 Å². The summed E-state index contributed by atoms with van der Waals surface area (Å²) in [5.41, 5.74) is 7.27. The number of aliphatic hydroxyl groups is 1. The Balaban J connectivity index is 2.89. The maximum atomic E-state index is 9.57. The number of hydrogen-bond acceptors (Lipinski definition) is 3. The molecule has 0 unspecified atom stereocenters. The third-order valence-corrected chi connectivity index (χ3v) is 2.13. The molecule has 0 aliphatic heterocycles. The van der Waals surface area contributed by atoms with Crippen molar-refractivity contribution in [3.63, 3.8) is 0 Å². The molecule has 1 rings (SSSR count). The number of ether oxygens (including phenoxy) is 1. The molecule has 3 heteroatoms. The first kappa shape index (κ1) is 11.0. The second-order valence-corrected chi connectivity index (χ2v) is 3.20. The van der Waals surface area contributed by atoms with Crippen LogP contribution in [-0.2, 0) is 0 Å². The second-order valence-electron chi connectivity index (χ2n) is 3.20. The molecule has 3 N–H and O–H groups in total. The van der Waals surface area contributed by atoms with Gasteiger partial charge in [-0.1, -0.05) is 6.07 Å². The van der Waals surface area contributed by atoms with Crippen molar-refractivity contribution < 1.29 is 9.84 Å². The highest BCUT2D eigenvalue weighted by molar-refractivity contribution is 5.36. The molecule has 0 aromatic heterocycles. The Morgan fingerprint density at radius 1 is 1.50 bits per heavy atom. The summed E-state index contributed by atoms with van der Waals surface area (Å²) in [5, 5.41) is 9.57. The monoisotopic (exact) mass is 195 g/mol. The second kappa shape index (κ2) is 4.98. The van der Waals surface area contributed by atoms with Crippen molar-refractivity contribution in [2.75, 3.05) is 13.2 Å². The average Bonchev–Trinajstić information content (AvgIpc) is 2.17. The van der Waals surface area contributed by atoms with Crippen molar-refractivity contribution in [3.05, 3.63) is 29.3 Å². The summed E-state index contributed by atoms with van der Waals surface area (Å²) in [5.74, 6) is 0.831. The van der Waals surface area contributed by atoms with E-state index < -0.39 is 6.10 Å². The van der Waals surface area contributed by atoms with Gasteiger partial charge in [0.1, 0.15) is 5.75 Å². The standard InChI is InChI=1S/C11H17NO2/c1-3-14-9-4-5-10(8(2)6-9)11(13)7-12/h4-6,11,13H,3,7,12H2,1-2H3/t11-/m1/s1. The normalized spacial score (nSPS) is 12.6. The molecule has 0 aliphatic carbocycles. The van der Waals surface area contributed by atoms with Gasteiger partial charge in [-0.3, -0.25) is 0 Å². The summed E-state index contributed by atoms with van der Waals surface area (Å²) >= 11 is 0. The van der Waals surface area contributed by atoms with E-state index in [0.29, 0.717) is 6.61 Å². The zero-order valence-corrected chi connectivity index (χ0v) is 8.66. The van der Waals surface area contributed by atoms with Crippen LogP contribution in [0, 0.1) is 6.92 Å².